The molecule has 0 saturated carbocycles. The number of hydrogen-bond donors (Lipinski definition) is 1. The molecule has 0 amide bonds. The maximum absolute atomic E-state index is 9.14. The predicted molar refractivity (Wildman–Crippen MR) is 82.1 cm³/mol. The minimum Gasteiger partial charge on any atom is -0.395 e. The monoisotopic (exact) mass is 265 g/mol. The van der Waals surface area contributed by atoms with E-state index in [-0.39, 0.29) is 6.61 Å². The molecule has 0 radical (unpaired) electrons. The van der Waals surface area contributed by atoms with Gasteiger partial charge in [-0.3, -0.25) is 4.90 Å². The van der Waals surface area contributed by atoms with Gasteiger partial charge in [0.25, 0.3) is 0 Å². The first kappa shape index (κ1) is 14.3. The third-order valence-electron chi connectivity index (χ3n) is 2.97. The summed E-state index contributed by atoms with van der Waals surface area (Å²) in [6.45, 7) is 2.26. The molecule has 0 aliphatic rings. The van der Waals surface area contributed by atoms with Crippen molar-refractivity contribution in [2.75, 3.05) is 19.7 Å². The van der Waals surface area contributed by atoms with E-state index < -0.39 is 0 Å². The minimum atomic E-state index is 0.153. The van der Waals surface area contributed by atoms with Gasteiger partial charge >= 0.3 is 0 Å². The van der Waals surface area contributed by atoms with Gasteiger partial charge in [0.05, 0.1) is 13.2 Å². The van der Waals surface area contributed by atoms with E-state index in [1.165, 1.54) is 5.56 Å². The van der Waals surface area contributed by atoms with Crippen molar-refractivity contribution in [1.29, 1.82) is 0 Å². The molecule has 0 heterocycles. The highest BCUT2D eigenvalue weighted by Gasteiger charge is 2.03. The first-order valence-corrected chi connectivity index (χ1v) is 6.79. The van der Waals surface area contributed by atoms with Crippen LogP contribution in [0.3, 0.4) is 0 Å². The molecule has 102 valence electrons. The van der Waals surface area contributed by atoms with Gasteiger partial charge in [-0.15, -0.1) is 0 Å². The van der Waals surface area contributed by atoms with Crippen LogP contribution in [0, 0.1) is 11.8 Å². The van der Waals surface area contributed by atoms with E-state index >= 15 is 0 Å². The zero-order valence-electron chi connectivity index (χ0n) is 11.5. The molecule has 2 aromatic rings. The Morgan fingerprint density at radius 1 is 0.900 bits per heavy atom. The SMILES string of the molecule is OCCN(CC#Cc1ccccc1)Cc1ccccc1. The number of hydrogen-bond acceptors (Lipinski definition) is 2. The summed E-state index contributed by atoms with van der Waals surface area (Å²) in [5.41, 5.74) is 2.26. The second-order valence-corrected chi connectivity index (χ2v) is 4.59. The van der Waals surface area contributed by atoms with Crippen molar-refractivity contribution < 1.29 is 5.11 Å². The topological polar surface area (TPSA) is 23.5 Å². The number of rotatable bonds is 5. The molecule has 0 aliphatic heterocycles. The van der Waals surface area contributed by atoms with Crippen LogP contribution in [0.2, 0.25) is 0 Å². The number of benzene rings is 2. The molecule has 0 atom stereocenters. The van der Waals surface area contributed by atoms with Crippen LogP contribution in [0.25, 0.3) is 0 Å². The predicted octanol–water partition coefficient (Wildman–Crippen LogP) is 2.53. The summed E-state index contributed by atoms with van der Waals surface area (Å²) in [5.74, 6) is 6.32. The molecular formula is C18H19NO. The van der Waals surface area contributed by atoms with Crippen molar-refractivity contribution in [2.24, 2.45) is 0 Å². The van der Waals surface area contributed by atoms with Crippen LogP contribution in [0.4, 0.5) is 0 Å². The van der Waals surface area contributed by atoms with Crippen molar-refractivity contribution in [1.82, 2.24) is 4.90 Å². The van der Waals surface area contributed by atoms with Gasteiger partial charge < -0.3 is 5.11 Å². The Balaban J connectivity index is 1.94. The van der Waals surface area contributed by atoms with E-state index in [0.29, 0.717) is 13.1 Å². The maximum Gasteiger partial charge on any atom is 0.0609 e. The highest BCUT2D eigenvalue weighted by Crippen LogP contribution is 2.03. The fourth-order valence-electron chi connectivity index (χ4n) is 1.97. The van der Waals surface area contributed by atoms with Crippen LogP contribution < -0.4 is 0 Å². The van der Waals surface area contributed by atoms with Crippen LogP contribution in [-0.2, 0) is 6.54 Å². The second kappa shape index (κ2) is 8.16. The van der Waals surface area contributed by atoms with Crippen LogP contribution in [0.15, 0.2) is 60.7 Å². The zero-order chi connectivity index (χ0) is 14.0. The van der Waals surface area contributed by atoms with Crippen LogP contribution in [0.1, 0.15) is 11.1 Å². The van der Waals surface area contributed by atoms with Gasteiger partial charge in [0, 0.05) is 18.7 Å². The normalized spacial score (nSPS) is 10.1. The van der Waals surface area contributed by atoms with E-state index in [1.807, 2.05) is 48.5 Å². The van der Waals surface area contributed by atoms with E-state index in [2.05, 4.69) is 28.9 Å². The summed E-state index contributed by atoms with van der Waals surface area (Å²) >= 11 is 0. The molecule has 0 bridgehead atoms. The Kier molecular flexibility index (Phi) is 5.85. The van der Waals surface area contributed by atoms with Gasteiger partial charge in [-0.25, -0.2) is 0 Å². The fourth-order valence-corrected chi connectivity index (χ4v) is 1.97. The van der Waals surface area contributed by atoms with Gasteiger partial charge in [0.2, 0.25) is 0 Å². The minimum absolute atomic E-state index is 0.153. The molecule has 2 heteroatoms. The molecule has 20 heavy (non-hydrogen) atoms. The van der Waals surface area contributed by atoms with Crippen molar-refractivity contribution in [2.45, 2.75) is 6.54 Å². The fraction of sp³-hybridized carbons (Fsp3) is 0.222. The molecule has 2 aromatic carbocycles. The molecule has 0 aromatic heterocycles. The summed E-state index contributed by atoms with van der Waals surface area (Å²) in [6, 6.07) is 20.2. The number of nitrogens with zero attached hydrogens (tertiary/aromatic N) is 1. The molecule has 0 fully saturated rings. The molecule has 2 nitrogen and oxygen atoms in total. The average molecular weight is 265 g/mol. The maximum atomic E-state index is 9.14. The molecule has 0 saturated heterocycles. The van der Waals surface area contributed by atoms with Crippen molar-refractivity contribution >= 4 is 0 Å². The summed E-state index contributed by atoms with van der Waals surface area (Å²) in [6.07, 6.45) is 0. The van der Waals surface area contributed by atoms with E-state index in [0.717, 1.165) is 12.1 Å². The lowest BCUT2D eigenvalue weighted by atomic mass is 10.2. The summed E-state index contributed by atoms with van der Waals surface area (Å²) in [5, 5.41) is 9.14. The lowest BCUT2D eigenvalue weighted by Gasteiger charge is -2.18. The van der Waals surface area contributed by atoms with Gasteiger partial charge in [0.15, 0.2) is 0 Å². The number of aliphatic hydroxyl groups is 1. The highest BCUT2D eigenvalue weighted by atomic mass is 16.3. The van der Waals surface area contributed by atoms with Crippen molar-refractivity contribution in [3.8, 4) is 11.8 Å². The Hall–Kier alpha value is -2.08. The van der Waals surface area contributed by atoms with Gasteiger partial charge in [-0.1, -0.05) is 60.4 Å². The largest absolute Gasteiger partial charge is 0.395 e. The summed E-state index contributed by atoms with van der Waals surface area (Å²) in [4.78, 5) is 2.14. The lowest BCUT2D eigenvalue weighted by Crippen LogP contribution is -2.26. The van der Waals surface area contributed by atoms with Gasteiger partial charge in [-0.05, 0) is 17.7 Å². The van der Waals surface area contributed by atoms with Crippen molar-refractivity contribution in [3.05, 3.63) is 71.8 Å². The molecule has 0 aliphatic carbocycles. The molecular weight excluding hydrogens is 246 g/mol. The smallest absolute Gasteiger partial charge is 0.0609 e. The summed E-state index contributed by atoms with van der Waals surface area (Å²) < 4.78 is 0. The Morgan fingerprint density at radius 2 is 1.55 bits per heavy atom. The quantitative estimate of drug-likeness (QED) is 0.840. The van der Waals surface area contributed by atoms with Gasteiger partial charge in [-0.2, -0.15) is 0 Å². The molecule has 0 unspecified atom stereocenters. The van der Waals surface area contributed by atoms with E-state index in [9.17, 15) is 0 Å². The number of aliphatic hydroxyl groups excluding tert-OH is 1. The first-order chi connectivity index (χ1) is 9.88. The van der Waals surface area contributed by atoms with E-state index in [1.54, 1.807) is 0 Å². The molecule has 0 spiro atoms. The van der Waals surface area contributed by atoms with Crippen LogP contribution >= 0.6 is 0 Å². The Bertz CT molecular complexity index is 554. The summed E-state index contributed by atoms with van der Waals surface area (Å²) in [7, 11) is 0. The zero-order valence-corrected chi connectivity index (χ0v) is 11.5. The third-order valence-corrected chi connectivity index (χ3v) is 2.97. The average Bonchev–Trinajstić information content (AvgIpc) is 2.49. The first-order valence-electron chi connectivity index (χ1n) is 6.79. The lowest BCUT2D eigenvalue weighted by molar-refractivity contribution is 0.205. The third kappa shape index (κ3) is 4.89. The van der Waals surface area contributed by atoms with Crippen molar-refractivity contribution in [3.63, 3.8) is 0 Å². The molecule has 1 N–H and O–H groups in total. The van der Waals surface area contributed by atoms with Gasteiger partial charge in [0.1, 0.15) is 0 Å². The highest BCUT2D eigenvalue weighted by molar-refractivity contribution is 5.33. The van der Waals surface area contributed by atoms with E-state index in [4.69, 9.17) is 5.11 Å². The standard InChI is InChI=1S/C18H19NO/c20-15-14-19(16-18-10-5-2-6-11-18)13-7-12-17-8-3-1-4-9-17/h1-6,8-11,20H,13-16H2. The molecule has 2 rings (SSSR count). The van der Waals surface area contributed by atoms with Crippen LogP contribution in [-0.4, -0.2) is 29.7 Å². The second-order valence-electron chi connectivity index (χ2n) is 4.59. The Morgan fingerprint density at radius 3 is 2.20 bits per heavy atom. The Labute approximate surface area is 120 Å². The van der Waals surface area contributed by atoms with Crippen LogP contribution in [0.5, 0.6) is 0 Å².